The van der Waals surface area contributed by atoms with Gasteiger partial charge in [-0.25, -0.2) is 0 Å². The molecule has 7 heteroatoms. The van der Waals surface area contributed by atoms with E-state index >= 15 is 0 Å². The Labute approximate surface area is 103 Å². The van der Waals surface area contributed by atoms with Crippen LogP contribution >= 0.6 is 11.6 Å². The van der Waals surface area contributed by atoms with E-state index in [1.165, 1.54) is 19.4 Å². The lowest BCUT2D eigenvalue weighted by Crippen LogP contribution is -2.52. The molecule has 1 aliphatic rings. The zero-order chi connectivity index (χ0) is 12.4. The van der Waals surface area contributed by atoms with E-state index in [0.29, 0.717) is 6.42 Å². The van der Waals surface area contributed by atoms with Gasteiger partial charge >= 0.3 is 5.82 Å². The van der Waals surface area contributed by atoms with Gasteiger partial charge in [0.25, 0.3) is 0 Å². The number of nitro groups is 1. The lowest BCUT2D eigenvalue weighted by atomic mass is 9.91. The smallest absolute Gasteiger partial charge is 0.406 e. The van der Waals surface area contributed by atoms with Crippen LogP contribution in [0.25, 0.3) is 0 Å². The van der Waals surface area contributed by atoms with Crippen molar-refractivity contribution in [1.82, 2.24) is 4.98 Å². The molecule has 92 valence electrons. The number of ether oxygens (including phenoxy) is 2. The van der Waals surface area contributed by atoms with Crippen molar-refractivity contribution < 1.29 is 14.4 Å². The van der Waals surface area contributed by atoms with E-state index in [0.717, 1.165) is 0 Å². The molecule has 0 amide bonds. The minimum absolute atomic E-state index is 0.110. The molecule has 0 spiro atoms. The molecule has 1 saturated carbocycles. The number of hydrogen-bond donors (Lipinski definition) is 0. The van der Waals surface area contributed by atoms with Gasteiger partial charge < -0.3 is 19.6 Å². The summed E-state index contributed by atoms with van der Waals surface area (Å²) in [4.78, 5) is 13.8. The summed E-state index contributed by atoms with van der Waals surface area (Å²) in [5.74, 6) is -0.145. The minimum Gasteiger partial charge on any atom is -0.479 e. The van der Waals surface area contributed by atoms with Gasteiger partial charge in [-0.3, -0.25) is 0 Å². The van der Waals surface area contributed by atoms with Crippen LogP contribution in [0.3, 0.4) is 0 Å². The number of rotatable bonds is 4. The molecule has 0 N–H and O–H groups in total. The number of hydrogen-bond acceptors (Lipinski definition) is 5. The molecule has 1 aromatic rings. The Bertz CT molecular complexity index is 429. The summed E-state index contributed by atoms with van der Waals surface area (Å²) in [7, 11) is 1.53. The van der Waals surface area contributed by atoms with Gasteiger partial charge in [0.05, 0.1) is 5.38 Å². The van der Waals surface area contributed by atoms with E-state index in [1.54, 1.807) is 6.07 Å². The monoisotopic (exact) mass is 258 g/mol. The van der Waals surface area contributed by atoms with E-state index in [-0.39, 0.29) is 29.2 Å². The molecule has 1 aliphatic carbocycles. The zero-order valence-corrected chi connectivity index (χ0v) is 9.83. The van der Waals surface area contributed by atoms with E-state index in [1.807, 2.05) is 0 Å². The van der Waals surface area contributed by atoms with Crippen LogP contribution in [0, 0.1) is 10.1 Å². The summed E-state index contributed by atoms with van der Waals surface area (Å²) in [5.41, 5.74) is 0. The fourth-order valence-corrected chi connectivity index (χ4v) is 2.16. The first kappa shape index (κ1) is 12.1. The molecule has 3 atom stereocenters. The number of methoxy groups -OCH3 is 1. The molecule has 1 aromatic heterocycles. The van der Waals surface area contributed by atoms with Gasteiger partial charge in [-0.15, -0.1) is 11.6 Å². The van der Waals surface area contributed by atoms with Crippen molar-refractivity contribution in [2.45, 2.75) is 24.0 Å². The quantitative estimate of drug-likeness (QED) is 0.467. The molecule has 0 radical (unpaired) electrons. The second-order valence-electron chi connectivity index (χ2n) is 3.69. The van der Waals surface area contributed by atoms with Gasteiger partial charge in [0.1, 0.15) is 18.4 Å². The van der Waals surface area contributed by atoms with Gasteiger partial charge in [-0.2, -0.15) is 0 Å². The highest BCUT2D eigenvalue weighted by molar-refractivity contribution is 6.21. The molecule has 3 unspecified atom stereocenters. The van der Waals surface area contributed by atoms with Crippen LogP contribution in [-0.4, -0.2) is 34.6 Å². The first-order valence-electron chi connectivity index (χ1n) is 5.06. The lowest BCUT2D eigenvalue weighted by molar-refractivity contribution is -0.390. The molecule has 0 bridgehead atoms. The molecule has 0 saturated heterocycles. The van der Waals surface area contributed by atoms with Crippen LogP contribution < -0.4 is 4.74 Å². The Hall–Kier alpha value is -1.40. The Morgan fingerprint density at radius 2 is 2.41 bits per heavy atom. The first-order chi connectivity index (χ1) is 8.13. The summed E-state index contributed by atoms with van der Waals surface area (Å²) in [6, 6.07) is 3.10. The van der Waals surface area contributed by atoms with Crippen LogP contribution in [0.15, 0.2) is 18.3 Å². The fourth-order valence-electron chi connectivity index (χ4n) is 1.72. The molecule has 0 aromatic carbocycles. The predicted octanol–water partition coefficient (Wildman–Crippen LogP) is 1.76. The third-order valence-corrected chi connectivity index (χ3v) is 3.08. The van der Waals surface area contributed by atoms with Crippen LogP contribution in [0.4, 0.5) is 5.82 Å². The Morgan fingerprint density at radius 1 is 1.65 bits per heavy atom. The van der Waals surface area contributed by atoms with Crippen LogP contribution in [0.2, 0.25) is 0 Å². The SMILES string of the molecule is COC1C(Cl)CC1Oc1cccnc1[N+](=O)[O-]. The molecule has 1 heterocycles. The largest absolute Gasteiger partial charge is 0.479 e. The van der Waals surface area contributed by atoms with Crippen molar-refractivity contribution in [1.29, 1.82) is 0 Å². The van der Waals surface area contributed by atoms with Crippen LogP contribution in [0.1, 0.15) is 6.42 Å². The predicted molar refractivity (Wildman–Crippen MR) is 60.4 cm³/mol. The highest BCUT2D eigenvalue weighted by atomic mass is 35.5. The van der Waals surface area contributed by atoms with Gasteiger partial charge in [-0.05, 0) is 22.0 Å². The third-order valence-electron chi connectivity index (χ3n) is 2.65. The summed E-state index contributed by atoms with van der Waals surface area (Å²) in [6.45, 7) is 0. The van der Waals surface area contributed by atoms with Gasteiger partial charge in [0, 0.05) is 13.5 Å². The highest BCUT2D eigenvalue weighted by Gasteiger charge is 2.43. The fraction of sp³-hybridized carbons (Fsp3) is 0.500. The second kappa shape index (κ2) is 4.85. The molecular weight excluding hydrogens is 248 g/mol. The number of alkyl halides is 1. The standard InChI is InChI=1S/C10H11ClN2O4/c1-16-9-6(11)5-8(9)17-7-3-2-4-12-10(7)13(14)15/h2-4,6,8-9H,5H2,1H3. The van der Waals surface area contributed by atoms with E-state index in [9.17, 15) is 10.1 Å². The molecule has 1 fully saturated rings. The summed E-state index contributed by atoms with van der Waals surface area (Å²) < 4.78 is 10.6. The third kappa shape index (κ3) is 2.32. The van der Waals surface area contributed by atoms with Crippen molar-refractivity contribution in [2.75, 3.05) is 7.11 Å². The normalized spacial score (nSPS) is 27.3. The van der Waals surface area contributed by atoms with Crippen molar-refractivity contribution >= 4 is 17.4 Å². The molecule has 6 nitrogen and oxygen atoms in total. The van der Waals surface area contributed by atoms with Gasteiger partial charge in [-0.1, -0.05) is 0 Å². The number of pyridine rings is 1. The molecule has 0 aliphatic heterocycles. The molecule has 17 heavy (non-hydrogen) atoms. The maximum Gasteiger partial charge on any atom is 0.406 e. The average molecular weight is 259 g/mol. The molecule has 2 rings (SSSR count). The minimum atomic E-state index is -0.575. The summed E-state index contributed by atoms with van der Waals surface area (Å²) in [6.07, 6.45) is 1.46. The maximum atomic E-state index is 10.7. The van der Waals surface area contributed by atoms with E-state index in [4.69, 9.17) is 21.1 Å². The lowest BCUT2D eigenvalue weighted by Gasteiger charge is -2.39. The maximum absolute atomic E-state index is 10.7. The Balaban J connectivity index is 2.12. The Kier molecular flexibility index (Phi) is 3.44. The van der Waals surface area contributed by atoms with E-state index < -0.39 is 4.92 Å². The topological polar surface area (TPSA) is 74.5 Å². The van der Waals surface area contributed by atoms with E-state index in [2.05, 4.69) is 4.98 Å². The van der Waals surface area contributed by atoms with Gasteiger partial charge in [0.2, 0.25) is 5.75 Å². The van der Waals surface area contributed by atoms with Gasteiger partial charge in [0.15, 0.2) is 0 Å². The number of halogens is 1. The van der Waals surface area contributed by atoms with Crippen molar-refractivity contribution in [2.24, 2.45) is 0 Å². The van der Waals surface area contributed by atoms with Crippen molar-refractivity contribution in [3.63, 3.8) is 0 Å². The first-order valence-corrected chi connectivity index (χ1v) is 5.50. The van der Waals surface area contributed by atoms with Crippen molar-refractivity contribution in [3.05, 3.63) is 28.4 Å². The summed E-state index contributed by atoms with van der Waals surface area (Å²) in [5, 5.41) is 10.6. The number of nitrogens with zero attached hydrogens (tertiary/aromatic N) is 2. The van der Waals surface area contributed by atoms with Crippen LogP contribution in [0.5, 0.6) is 5.75 Å². The Morgan fingerprint density at radius 3 is 3.00 bits per heavy atom. The summed E-state index contributed by atoms with van der Waals surface area (Å²) >= 11 is 5.92. The van der Waals surface area contributed by atoms with Crippen molar-refractivity contribution in [3.8, 4) is 5.75 Å². The zero-order valence-electron chi connectivity index (χ0n) is 9.08. The number of aromatic nitrogens is 1. The second-order valence-corrected chi connectivity index (χ2v) is 4.25. The highest BCUT2D eigenvalue weighted by Crippen LogP contribution is 2.34. The molecular formula is C10H11ClN2O4. The van der Waals surface area contributed by atoms with Crippen LogP contribution in [-0.2, 0) is 4.74 Å². The average Bonchev–Trinajstić information content (AvgIpc) is 2.29.